The molecular weight excluding hydrogens is 146 g/mol. The molecule has 0 heterocycles. The quantitative estimate of drug-likeness (QED) is 0.428. The topological polar surface area (TPSA) is 70.6 Å². The van der Waals surface area contributed by atoms with Crippen LogP contribution in [0.3, 0.4) is 0 Å². The molecule has 11 heavy (non-hydrogen) atoms. The summed E-state index contributed by atoms with van der Waals surface area (Å²) in [6.07, 6.45) is 0.314. The predicted molar refractivity (Wildman–Crippen MR) is 41.7 cm³/mol. The lowest BCUT2D eigenvalue weighted by Crippen LogP contribution is -2.36. The van der Waals surface area contributed by atoms with Crippen molar-refractivity contribution >= 4 is 5.78 Å². The molecule has 0 aromatic rings. The molecule has 0 aliphatic heterocycles. The van der Waals surface area contributed by atoms with Gasteiger partial charge in [0.1, 0.15) is 5.78 Å². The Labute approximate surface area is 65.5 Å². The first-order chi connectivity index (χ1) is 5.20. The normalized spacial score (nSPS) is 12.5. The molecule has 0 saturated carbocycles. The van der Waals surface area contributed by atoms with E-state index in [-0.39, 0.29) is 5.78 Å². The summed E-state index contributed by atoms with van der Waals surface area (Å²) >= 11 is 0. The van der Waals surface area contributed by atoms with E-state index in [2.05, 4.69) is 16.0 Å². The fourth-order valence-corrected chi connectivity index (χ4v) is 0.658. The minimum Gasteiger partial charge on any atom is -0.300 e. The number of nitroso groups, excluding NO2 is 1. The van der Waals surface area contributed by atoms with Crippen LogP contribution in [0.5, 0.6) is 0 Å². The van der Waals surface area contributed by atoms with Crippen LogP contribution < -0.4 is 10.9 Å². The third kappa shape index (κ3) is 5.63. The van der Waals surface area contributed by atoms with Crippen LogP contribution in [-0.2, 0) is 4.79 Å². The average Bonchev–Trinajstić information content (AvgIpc) is 1.97. The van der Waals surface area contributed by atoms with Crippen molar-refractivity contribution in [3.05, 3.63) is 4.91 Å². The van der Waals surface area contributed by atoms with Gasteiger partial charge in [-0.3, -0.25) is 5.43 Å². The second kappa shape index (κ2) is 5.94. The van der Waals surface area contributed by atoms with Gasteiger partial charge in [-0.15, -0.1) is 4.91 Å². The first kappa shape index (κ1) is 10.2. The Bertz CT molecular complexity index is 138. The molecule has 0 bridgehead atoms. The Morgan fingerprint density at radius 1 is 1.64 bits per heavy atom. The monoisotopic (exact) mass is 159 g/mol. The third-order valence-electron chi connectivity index (χ3n) is 1.21. The van der Waals surface area contributed by atoms with E-state index >= 15 is 0 Å². The summed E-state index contributed by atoms with van der Waals surface area (Å²) in [6, 6.07) is 0. The lowest BCUT2D eigenvalue weighted by molar-refractivity contribution is -0.117. The number of hydrogen-bond acceptors (Lipinski definition) is 5. The van der Waals surface area contributed by atoms with Gasteiger partial charge in [0.25, 0.3) is 0 Å². The molecule has 2 N–H and O–H groups in total. The number of carbonyl (C=O) groups is 1. The van der Waals surface area contributed by atoms with Crippen LogP contribution in [0, 0.1) is 4.91 Å². The highest BCUT2D eigenvalue weighted by atomic mass is 16.3. The predicted octanol–water partition coefficient (Wildman–Crippen LogP) is 0.172. The van der Waals surface area contributed by atoms with Crippen molar-refractivity contribution in [1.29, 1.82) is 0 Å². The van der Waals surface area contributed by atoms with Crippen molar-refractivity contribution in [2.75, 3.05) is 7.05 Å². The number of Topliss-reactive ketones (excluding diaryl/α,β-unsaturated/α-hetero) is 1. The summed E-state index contributed by atoms with van der Waals surface area (Å²) in [6.45, 7) is 1.49. The molecule has 0 fully saturated rings. The van der Waals surface area contributed by atoms with E-state index < -0.39 is 6.17 Å². The Balaban J connectivity index is 3.51. The molecule has 0 spiro atoms. The van der Waals surface area contributed by atoms with Crippen LogP contribution >= 0.6 is 0 Å². The van der Waals surface area contributed by atoms with E-state index in [0.29, 0.717) is 12.8 Å². The molecular formula is C6H13N3O2. The molecule has 0 aliphatic carbocycles. The molecule has 5 nitrogen and oxygen atoms in total. The molecule has 0 saturated heterocycles. The van der Waals surface area contributed by atoms with Gasteiger partial charge >= 0.3 is 0 Å². The summed E-state index contributed by atoms with van der Waals surface area (Å²) in [5, 5.41) is 2.77. The Morgan fingerprint density at radius 2 is 2.27 bits per heavy atom. The van der Waals surface area contributed by atoms with Crippen molar-refractivity contribution in [2.24, 2.45) is 5.18 Å². The van der Waals surface area contributed by atoms with Gasteiger partial charge in [-0.2, -0.15) is 0 Å². The molecule has 0 radical (unpaired) electrons. The van der Waals surface area contributed by atoms with Gasteiger partial charge in [0.2, 0.25) is 0 Å². The molecule has 64 valence electrons. The zero-order chi connectivity index (χ0) is 8.69. The average molecular weight is 159 g/mol. The van der Waals surface area contributed by atoms with Gasteiger partial charge in [-0.05, 0) is 25.6 Å². The van der Waals surface area contributed by atoms with Crippen molar-refractivity contribution < 1.29 is 4.79 Å². The van der Waals surface area contributed by atoms with Crippen molar-refractivity contribution in [3.8, 4) is 0 Å². The van der Waals surface area contributed by atoms with E-state index in [1.807, 2.05) is 0 Å². The smallest absolute Gasteiger partial charge is 0.154 e. The number of rotatable bonds is 6. The van der Waals surface area contributed by atoms with Gasteiger partial charge in [0.15, 0.2) is 6.17 Å². The Kier molecular flexibility index (Phi) is 5.50. The van der Waals surface area contributed by atoms with Crippen LogP contribution in [0.2, 0.25) is 0 Å². The van der Waals surface area contributed by atoms with Crippen molar-refractivity contribution in [3.63, 3.8) is 0 Å². The summed E-state index contributed by atoms with van der Waals surface area (Å²) in [5.41, 5.74) is 5.19. The van der Waals surface area contributed by atoms with Crippen LogP contribution in [0.4, 0.5) is 0 Å². The highest BCUT2D eigenvalue weighted by Gasteiger charge is 2.06. The number of nitrogens with zero attached hydrogens (tertiary/aromatic N) is 1. The van der Waals surface area contributed by atoms with Gasteiger partial charge in [-0.1, -0.05) is 0 Å². The first-order valence-electron chi connectivity index (χ1n) is 3.45. The molecule has 1 unspecified atom stereocenters. The molecule has 0 aromatic carbocycles. The van der Waals surface area contributed by atoms with Gasteiger partial charge in [0.05, 0.1) is 0 Å². The standard InChI is InChI=1S/C6H13N3O2/c1-5(10)3-4-6(9-11)8-7-2/h6-8H,3-4H2,1-2H3. The molecule has 0 amide bonds. The zero-order valence-electron chi connectivity index (χ0n) is 6.76. The lowest BCUT2D eigenvalue weighted by Gasteiger charge is -2.07. The summed E-state index contributed by atoms with van der Waals surface area (Å²) in [4.78, 5) is 20.5. The van der Waals surface area contributed by atoms with E-state index in [0.717, 1.165) is 0 Å². The maximum absolute atomic E-state index is 10.5. The highest BCUT2D eigenvalue weighted by Crippen LogP contribution is 1.97. The summed E-state index contributed by atoms with van der Waals surface area (Å²) in [7, 11) is 1.64. The minimum atomic E-state index is -0.510. The van der Waals surface area contributed by atoms with Crippen LogP contribution in [-0.4, -0.2) is 19.0 Å². The number of ketones is 1. The minimum absolute atomic E-state index is 0.0663. The zero-order valence-corrected chi connectivity index (χ0v) is 6.76. The maximum Gasteiger partial charge on any atom is 0.154 e. The number of hydrazine groups is 1. The van der Waals surface area contributed by atoms with Gasteiger partial charge in [0, 0.05) is 6.42 Å². The molecule has 0 aliphatic rings. The SMILES string of the molecule is CNNC(CCC(C)=O)N=O. The number of hydrogen-bond donors (Lipinski definition) is 2. The largest absolute Gasteiger partial charge is 0.300 e. The first-order valence-corrected chi connectivity index (χ1v) is 3.45. The fraction of sp³-hybridized carbons (Fsp3) is 0.833. The van der Waals surface area contributed by atoms with Crippen LogP contribution in [0.1, 0.15) is 19.8 Å². The van der Waals surface area contributed by atoms with E-state index in [4.69, 9.17) is 0 Å². The number of nitrogens with one attached hydrogen (secondary N) is 2. The lowest BCUT2D eigenvalue weighted by atomic mass is 10.2. The van der Waals surface area contributed by atoms with Gasteiger partial charge < -0.3 is 4.79 Å². The molecule has 5 heteroatoms. The van der Waals surface area contributed by atoms with E-state index in [1.165, 1.54) is 6.92 Å². The molecule has 1 atom stereocenters. The molecule has 0 rings (SSSR count). The second-order valence-corrected chi connectivity index (χ2v) is 2.26. The highest BCUT2D eigenvalue weighted by molar-refractivity contribution is 5.75. The Morgan fingerprint density at radius 3 is 2.64 bits per heavy atom. The van der Waals surface area contributed by atoms with E-state index in [9.17, 15) is 9.70 Å². The summed E-state index contributed by atoms with van der Waals surface area (Å²) in [5.74, 6) is 0.0663. The number of carbonyl (C=O) groups excluding carboxylic acids is 1. The molecule has 0 aromatic heterocycles. The third-order valence-corrected chi connectivity index (χ3v) is 1.21. The van der Waals surface area contributed by atoms with E-state index in [1.54, 1.807) is 7.05 Å². The fourth-order valence-electron chi connectivity index (χ4n) is 0.658. The van der Waals surface area contributed by atoms with Crippen molar-refractivity contribution in [1.82, 2.24) is 10.9 Å². The Hall–Kier alpha value is -0.810. The maximum atomic E-state index is 10.5. The summed E-state index contributed by atoms with van der Waals surface area (Å²) < 4.78 is 0. The van der Waals surface area contributed by atoms with Crippen molar-refractivity contribution in [2.45, 2.75) is 25.9 Å². The van der Waals surface area contributed by atoms with Crippen LogP contribution in [0.15, 0.2) is 5.18 Å². The van der Waals surface area contributed by atoms with Gasteiger partial charge in [-0.25, -0.2) is 5.43 Å². The second-order valence-electron chi connectivity index (χ2n) is 2.26. The van der Waals surface area contributed by atoms with Crippen LogP contribution in [0.25, 0.3) is 0 Å².